The second-order valence-electron chi connectivity index (χ2n) is 6.51. The van der Waals surface area contributed by atoms with Gasteiger partial charge in [-0.05, 0) is 39.7 Å². The highest BCUT2D eigenvalue weighted by Crippen LogP contribution is 2.35. The predicted molar refractivity (Wildman–Crippen MR) is 92.0 cm³/mol. The smallest absolute Gasteiger partial charge is 0.414 e. The van der Waals surface area contributed by atoms with Crippen LogP contribution in [-0.4, -0.2) is 23.1 Å². The highest BCUT2D eigenvalue weighted by atomic mass is 32.1. The zero-order chi connectivity index (χ0) is 15.7. The molecule has 0 atom stereocenters. The minimum absolute atomic E-state index is 0.256. The van der Waals surface area contributed by atoms with Crippen molar-refractivity contribution in [2.45, 2.75) is 39.2 Å². The maximum absolute atomic E-state index is 12.5. The molecule has 3 nitrogen and oxygen atoms in total. The van der Waals surface area contributed by atoms with E-state index < -0.39 is 5.60 Å². The van der Waals surface area contributed by atoms with Crippen LogP contribution in [0.1, 0.15) is 39.2 Å². The molecule has 0 spiro atoms. The SMILES string of the molecule is CC(C)(C)OC(=O)N1CCCC=C1c1csc2ccccc12. The van der Waals surface area contributed by atoms with Crippen molar-refractivity contribution in [2.24, 2.45) is 0 Å². The monoisotopic (exact) mass is 315 g/mol. The van der Waals surface area contributed by atoms with Crippen molar-refractivity contribution in [1.82, 2.24) is 4.90 Å². The number of benzene rings is 1. The average Bonchev–Trinajstić information content (AvgIpc) is 2.89. The van der Waals surface area contributed by atoms with Crippen LogP contribution in [0.15, 0.2) is 35.7 Å². The summed E-state index contributed by atoms with van der Waals surface area (Å²) >= 11 is 1.71. The predicted octanol–water partition coefficient (Wildman–Crippen LogP) is 5.27. The molecule has 1 aromatic carbocycles. The van der Waals surface area contributed by atoms with Gasteiger partial charge in [0.15, 0.2) is 0 Å². The molecule has 1 aliphatic rings. The molecule has 0 radical (unpaired) electrons. The van der Waals surface area contributed by atoms with Gasteiger partial charge < -0.3 is 4.74 Å². The first-order valence-electron chi connectivity index (χ1n) is 7.63. The highest BCUT2D eigenvalue weighted by molar-refractivity contribution is 7.17. The van der Waals surface area contributed by atoms with Crippen LogP contribution in [0, 0.1) is 0 Å². The number of hydrogen-bond acceptors (Lipinski definition) is 3. The molecule has 4 heteroatoms. The fourth-order valence-corrected chi connectivity index (χ4v) is 3.61. The van der Waals surface area contributed by atoms with Crippen LogP contribution in [0.3, 0.4) is 0 Å². The first-order chi connectivity index (χ1) is 10.5. The van der Waals surface area contributed by atoms with E-state index >= 15 is 0 Å². The van der Waals surface area contributed by atoms with E-state index in [0.29, 0.717) is 6.54 Å². The van der Waals surface area contributed by atoms with E-state index in [4.69, 9.17) is 4.74 Å². The van der Waals surface area contributed by atoms with Crippen LogP contribution in [0.4, 0.5) is 4.79 Å². The van der Waals surface area contributed by atoms with E-state index in [1.54, 1.807) is 16.2 Å². The van der Waals surface area contributed by atoms with Crippen molar-refractivity contribution in [3.8, 4) is 0 Å². The van der Waals surface area contributed by atoms with Crippen LogP contribution < -0.4 is 0 Å². The van der Waals surface area contributed by atoms with E-state index in [-0.39, 0.29) is 6.09 Å². The van der Waals surface area contributed by atoms with Gasteiger partial charge in [0.25, 0.3) is 0 Å². The Morgan fingerprint density at radius 1 is 1.27 bits per heavy atom. The summed E-state index contributed by atoms with van der Waals surface area (Å²) in [5.41, 5.74) is 1.64. The summed E-state index contributed by atoms with van der Waals surface area (Å²) in [5.74, 6) is 0. The minimum atomic E-state index is -0.476. The Balaban J connectivity index is 1.97. The van der Waals surface area contributed by atoms with Gasteiger partial charge in [-0.2, -0.15) is 0 Å². The zero-order valence-corrected chi connectivity index (χ0v) is 14.1. The van der Waals surface area contributed by atoms with Gasteiger partial charge in [0.2, 0.25) is 0 Å². The summed E-state index contributed by atoms with van der Waals surface area (Å²) in [5, 5.41) is 3.34. The van der Waals surface area contributed by atoms with Gasteiger partial charge in [-0.3, -0.25) is 4.90 Å². The Morgan fingerprint density at radius 2 is 2.05 bits per heavy atom. The molecule has 0 aliphatic carbocycles. The lowest BCUT2D eigenvalue weighted by Gasteiger charge is -2.31. The van der Waals surface area contributed by atoms with Crippen molar-refractivity contribution >= 4 is 33.2 Å². The molecule has 116 valence electrons. The third kappa shape index (κ3) is 3.02. The zero-order valence-electron chi connectivity index (χ0n) is 13.3. The van der Waals surface area contributed by atoms with Crippen LogP contribution >= 0.6 is 11.3 Å². The van der Waals surface area contributed by atoms with Crippen molar-refractivity contribution in [1.29, 1.82) is 0 Å². The molecule has 1 aromatic heterocycles. The third-order valence-electron chi connectivity index (χ3n) is 3.59. The number of hydrogen-bond donors (Lipinski definition) is 0. The number of amides is 1. The number of thiophene rings is 1. The molecule has 3 rings (SSSR count). The van der Waals surface area contributed by atoms with Gasteiger partial charge in [0.05, 0.1) is 5.70 Å². The average molecular weight is 315 g/mol. The van der Waals surface area contributed by atoms with E-state index in [1.807, 2.05) is 32.9 Å². The number of rotatable bonds is 1. The maximum atomic E-state index is 12.5. The summed E-state index contributed by atoms with van der Waals surface area (Å²) in [6.07, 6.45) is 3.87. The summed E-state index contributed by atoms with van der Waals surface area (Å²) < 4.78 is 6.81. The van der Waals surface area contributed by atoms with Crippen LogP contribution in [0.25, 0.3) is 15.8 Å². The Bertz CT molecular complexity index is 724. The van der Waals surface area contributed by atoms with E-state index in [9.17, 15) is 4.79 Å². The first-order valence-corrected chi connectivity index (χ1v) is 8.51. The van der Waals surface area contributed by atoms with Gasteiger partial charge >= 0.3 is 6.09 Å². The molecule has 0 bridgehead atoms. The van der Waals surface area contributed by atoms with E-state index in [0.717, 1.165) is 24.1 Å². The molecule has 0 saturated carbocycles. The number of fused-ring (bicyclic) bond motifs is 1. The fourth-order valence-electron chi connectivity index (χ4n) is 2.66. The van der Waals surface area contributed by atoms with Crippen LogP contribution in [0.2, 0.25) is 0 Å². The van der Waals surface area contributed by atoms with Crippen molar-refractivity contribution in [3.05, 3.63) is 41.3 Å². The Morgan fingerprint density at radius 3 is 2.82 bits per heavy atom. The Hall–Kier alpha value is -1.81. The summed E-state index contributed by atoms with van der Waals surface area (Å²) in [4.78, 5) is 14.3. The molecule has 1 aliphatic heterocycles. The van der Waals surface area contributed by atoms with Gasteiger partial charge in [-0.15, -0.1) is 11.3 Å². The minimum Gasteiger partial charge on any atom is -0.443 e. The Labute approximate surface area is 135 Å². The van der Waals surface area contributed by atoms with E-state index in [1.165, 1.54) is 10.1 Å². The van der Waals surface area contributed by atoms with Gasteiger partial charge in [0.1, 0.15) is 5.60 Å². The quantitative estimate of drug-likeness (QED) is 0.717. The van der Waals surface area contributed by atoms with Crippen LogP contribution in [0.5, 0.6) is 0 Å². The molecule has 0 unspecified atom stereocenters. The molecular weight excluding hydrogens is 294 g/mol. The molecule has 0 fully saturated rings. The second-order valence-corrected chi connectivity index (χ2v) is 7.42. The summed E-state index contributed by atoms with van der Waals surface area (Å²) in [6, 6.07) is 8.32. The van der Waals surface area contributed by atoms with Gasteiger partial charge in [0, 0.05) is 27.6 Å². The largest absolute Gasteiger partial charge is 0.443 e. The molecule has 0 N–H and O–H groups in total. The Kier molecular flexibility index (Phi) is 3.96. The third-order valence-corrected chi connectivity index (χ3v) is 4.55. The summed E-state index contributed by atoms with van der Waals surface area (Å²) in [6.45, 7) is 6.42. The van der Waals surface area contributed by atoms with Crippen LogP contribution in [-0.2, 0) is 4.74 Å². The number of allylic oxidation sites excluding steroid dienone is 1. The van der Waals surface area contributed by atoms with Crippen molar-refractivity contribution in [3.63, 3.8) is 0 Å². The normalized spacial score (nSPS) is 15.8. The highest BCUT2D eigenvalue weighted by Gasteiger charge is 2.27. The number of nitrogens with zero attached hydrogens (tertiary/aromatic N) is 1. The molecule has 1 amide bonds. The second kappa shape index (κ2) is 5.76. The molecule has 22 heavy (non-hydrogen) atoms. The van der Waals surface area contributed by atoms with Gasteiger partial charge in [-0.25, -0.2) is 4.79 Å². The number of carbonyl (C=O) groups excluding carboxylic acids is 1. The standard InChI is InChI=1S/C18H21NO2S/c1-18(2,3)21-17(20)19-11-7-6-9-15(19)14-12-22-16-10-5-4-8-13(14)16/h4-5,8-10,12H,6-7,11H2,1-3H3. The molecule has 0 saturated heterocycles. The number of carbonyl (C=O) groups is 1. The molecule has 2 aromatic rings. The van der Waals surface area contributed by atoms with Gasteiger partial charge in [-0.1, -0.05) is 24.3 Å². The maximum Gasteiger partial charge on any atom is 0.414 e. The first kappa shape index (κ1) is 15.1. The van der Waals surface area contributed by atoms with Crippen molar-refractivity contribution < 1.29 is 9.53 Å². The van der Waals surface area contributed by atoms with Crippen molar-refractivity contribution in [2.75, 3.05) is 6.54 Å². The molecule has 2 heterocycles. The lowest BCUT2D eigenvalue weighted by Crippen LogP contribution is -2.37. The lowest BCUT2D eigenvalue weighted by molar-refractivity contribution is 0.0347. The molecular formula is C18H21NO2S. The topological polar surface area (TPSA) is 29.5 Å². The lowest BCUT2D eigenvalue weighted by atomic mass is 10.0. The summed E-state index contributed by atoms with van der Waals surface area (Å²) in [7, 11) is 0. The fraction of sp³-hybridized carbons (Fsp3) is 0.389. The van der Waals surface area contributed by atoms with E-state index in [2.05, 4.69) is 23.6 Å². The number of ether oxygens (including phenoxy) is 1.